The van der Waals surface area contributed by atoms with Crippen LogP contribution in [-0.2, 0) is 0 Å². The molecule has 0 radical (unpaired) electrons. The highest BCUT2D eigenvalue weighted by Crippen LogP contribution is 2.23. The highest BCUT2D eigenvalue weighted by molar-refractivity contribution is 5.97. The van der Waals surface area contributed by atoms with Gasteiger partial charge in [-0.05, 0) is 18.6 Å². The van der Waals surface area contributed by atoms with Gasteiger partial charge in [-0.1, -0.05) is 13.3 Å². The number of hydrogen-bond acceptors (Lipinski definition) is 3. The Kier molecular flexibility index (Phi) is 4.82. The molecule has 4 heteroatoms. The van der Waals surface area contributed by atoms with Gasteiger partial charge in [0.1, 0.15) is 5.75 Å². The third-order valence-electron chi connectivity index (χ3n) is 2.56. The van der Waals surface area contributed by atoms with Crippen molar-refractivity contribution in [2.75, 3.05) is 25.5 Å². The Morgan fingerprint density at radius 3 is 2.65 bits per heavy atom. The van der Waals surface area contributed by atoms with Crippen LogP contribution in [0.5, 0.6) is 5.75 Å². The standard InChI is InChI=1S/C13H20N2O2/c1-4-5-8-14-13(17)11-7-6-10(15(2)3)9-12(11)16/h6-7,9,16H,4-5,8H2,1-3H3,(H,14,17). The van der Waals surface area contributed by atoms with E-state index < -0.39 is 0 Å². The van der Waals surface area contributed by atoms with E-state index in [-0.39, 0.29) is 11.7 Å². The first-order chi connectivity index (χ1) is 8.06. The van der Waals surface area contributed by atoms with E-state index >= 15 is 0 Å². The zero-order valence-electron chi connectivity index (χ0n) is 10.7. The summed E-state index contributed by atoms with van der Waals surface area (Å²) in [7, 11) is 3.77. The van der Waals surface area contributed by atoms with Crippen LogP contribution >= 0.6 is 0 Å². The molecule has 0 aliphatic heterocycles. The number of rotatable bonds is 5. The summed E-state index contributed by atoms with van der Waals surface area (Å²) in [5.74, 6) is -0.202. The minimum atomic E-state index is -0.221. The van der Waals surface area contributed by atoms with Gasteiger partial charge in [-0.2, -0.15) is 0 Å². The summed E-state index contributed by atoms with van der Waals surface area (Å²) >= 11 is 0. The number of anilines is 1. The van der Waals surface area contributed by atoms with Crippen molar-refractivity contribution >= 4 is 11.6 Å². The van der Waals surface area contributed by atoms with Crippen molar-refractivity contribution < 1.29 is 9.90 Å². The van der Waals surface area contributed by atoms with Crippen LogP contribution in [0.1, 0.15) is 30.1 Å². The molecule has 1 aromatic rings. The fourth-order valence-corrected chi connectivity index (χ4v) is 1.46. The maximum absolute atomic E-state index is 11.7. The molecule has 0 bridgehead atoms. The molecule has 1 rings (SSSR count). The van der Waals surface area contributed by atoms with E-state index in [0.717, 1.165) is 18.5 Å². The number of hydrogen-bond donors (Lipinski definition) is 2. The number of phenols is 1. The third kappa shape index (κ3) is 3.66. The summed E-state index contributed by atoms with van der Waals surface area (Å²) in [5.41, 5.74) is 1.19. The molecule has 0 saturated heterocycles. The maximum atomic E-state index is 11.7. The lowest BCUT2D eigenvalue weighted by Crippen LogP contribution is -2.24. The van der Waals surface area contributed by atoms with Gasteiger partial charge in [-0.25, -0.2) is 0 Å². The van der Waals surface area contributed by atoms with E-state index in [2.05, 4.69) is 12.2 Å². The molecule has 0 spiro atoms. The fourth-order valence-electron chi connectivity index (χ4n) is 1.46. The van der Waals surface area contributed by atoms with Crippen molar-refractivity contribution in [1.82, 2.24) is 5.32 Å². The summed E-state index contributed by atoms with van der Waals surface area (Å²) in [4.78, 5) is 13.6. The number of benzene rings is 1. The molecule has 94 valence electrons. The summed E-state index contributed by atoms with van der Waals surface area (Å²) in [6.07, 6.45) is 1.98. The highest BCUT2D eigenvalue weighted by atomic mass is 16.3. The van der Waals surface area contributed by atoms with E-state index in [1.165, 1.54) is 0 Å². The Morgan fingerprint density at radius 1 is 1.41 bits per heavy atom. The molecule has 0 aromatic heterocycles. The number of carbonyl (C=O) groups is 1. The average molecular weight is 236 g/mol. The van der Waals surface area contributed by atoms with Gasteiger partial charge in [-0.15, -0.1) is 0 Å². The largest absolute Gasteiger partial charge is 0.507 e. The normalized spacial score (nSPS) is 10.1. The molecule has 0 unspecified atom stereocenters. The molecule has 0 fully saturated rings. The Bertz CT molecular complexity index is 389. The minimum absolute atomic E-state index is 0.0187. The van der Waals surface area contributed by atoms with Crippen LogP contribution in [0.15, 0.2) is 18.2 Å². The Morgan fingerprint density at radius 2 is 2.12 bits per heavy atom. The van der Waals surface area contributed by atoms with Gasteiger partial charge in [0.05, 0.1) is 5.56 Å². The molecule has 0 aliphatic rings. The zero-order chi connectivity index (χ0) is 12.8. The first kappa shape index (κ1) is 13.4. The predicted molar refractivity (Wildman–Crippen MR) is 69.7 cm³/mol. The molecular formula is C13H20N2O2. The molecule has 17 heavy (non-hydrogen) atoms. The molecule has 2 N–H and O–H groups in total. The minimum Gasteiger partial charge on any atom is -0.507 e. The van der Waals surface area contributed by atoms with E-state index in [1.54, 1.807) is 12.1 Å². The number of aromatic hydroxyl groups is 1. The third-order valence-corrected chi connectivity index (χ3v) is 2.56. The Balaban J connectivity index is 2.74. The van der Waals surface area contributed by atoms with E-state index in [1.807, 2.05) is 25.1 Å². The van der Waals surface area contributed by atoms with Gasteiger partial charge in [0, 0.05) is 32.4 Å². The second-order valence-corrected chi connectivity index (χ2v) is 4.21. The van der Waals surface area contributed by atoms with Crippen molar-refractivity contribution in [3.05, 3.63) is 23.8 Å². The number of nitrogens with one attached hydrogen (secondary N) is 1. The number of carbonyl (C=O) groups excluding carboxylic acids is 1. The lowest BCUT2D eigenvalue weighted by molar-refractivity contribution is 0.0950. The summed E-state index contributed by atoms with van der Waals surface area (Å²) in [5, 5.41) is 12.6. The van der Waals surface area contributed by atoms with Crippen molar-refractivity contribution in [3.63, 3.8) is 0 Å². The first-order valence-corrected chi connectivity index (χ1v) is 5.84. The average Bonchev–Trinajstić information content (AvgIpc) is 2.28. The predicted octanol–water partition coefficient (Wildman–Crippen LogP) is 1.99. The smallest absolute Gasteiger partial charge is 0.255 e. The number of unbranched alkanes of at least 4 members (excludes halogenated alkanes) is 1. The van der Waals surface area contributed by atoms with Crippen molar-refractivity contribution in [2.24, 2.45) is 0 Å². The van der Waals surface area contributed by atoms with Crippen molar-refractivity contribution in [3.8, 4) is 5.75 Å². The number of nitrogens with zero attached hydrogens (tertiary/aromatic N) is 1. The molecular weight excluding hydrogens is 216 g/mol. The topological polar surface area (TPSA) is 52.6 Å². The van der Waals surface area contributed by atoms with Crippen LogP contribution in [0.4, 0.5) is 5.69 Å². The van der Waals surface area contributed by atoms with E-state index in [4.69, 9.17) is 0 Å². The monoisotopic (exact) mass is 236 g/mol. The summed E-state index contributed by atoms with van der Waals surface area (Å²) < 4.78 is 0. The Hall–Kier alpha value is -1.71. The first-order valence-electron chi connectivity index (χ1n) is 5.84. The van der Waals surface area contributed by atoms with Crippen LogP contribution in [0.2, 0.25) is 0 Å². The van der Waals surface area contributed by atoms with Crippen LogP contribution in [0.25, 0.3) is 0 Å². The second kappa shape index (κ2) is 6.13. The lowest BCUT2D eigenvalue weighted by Gasteiger charge is -2.14. The summed E-state index contributed by atoms with van der Waals surface area (Å²) in [6, 6.07) is 5.05. The number of amides is 1. The van der Waals surface area contributed by atoms with Crippen molar-refractivity contribution in [2.45, 2.75) is 19.8 Å². The van der Waals surface area contributed by atoms with Crippen LogP contribution in [-0.4, -0.2) is 31.7 Å². The van der Waals surface area contributed by atoms with E-state index in [0.29, 0.717) is 12.1 Å². The van der Waals surface area contributed by atoms with Crippen LogP contribution in [0.3, 0.4) is 0 Å². The quantitative estimate of drug-likeness (QED) is 0.769. The fraction of sp³-hybridized carbons (Fsp3) is 0.462. The lowest BCUT2D eigenvalue weighted by atomic mass is 10.1. The SMILES string of the molecule is CCCCNC(=O)c1ccc(N(C)C)cc1O. The molecule has 0 aliphatic carbocycles. The molecule has 1 amide bonds. The van der Waals surface area contributed by atoms with Gasteiger partial charge in [-0.3, -0.25) is 4.79 Å². The van der Waals surface area contributed by atoms with Gasteiger partial charge in [0.2, 0.25) is 0 Å². The van der Waals surface area contributed by atoms with Crippen LogP contribution in [0, 0.1) is 0 Å². The number of phenolic OH excluding ortho intramolecular Hbond substituents is 1. The van der Waals surface area contributed by atoms with Gasteiger partial charge in [0.15, 0.2) is 0 Å². The van der Waals surface area contributed by atoms with Gasteiger partial charge < -0.3 is 15.3 Å². The highest BCUT2D eigenvalue weighted by Gasteiger charge is 2.11. The molecule has 4 nitrogen and oxygen atoms in total. The van der Waals surface area contributed by atoms with Gasteiger partial charge in [0.25, 0.3) is 5.91 Å². The van der Waals surface area contributed by atoms with Crippen molar-refractivity contribution in [1.29, 1.82) is 0 Å². The molecule has 0 atom stereocenters. The Labute approximate surface area is 102 Å². The summed E-state index contributed by atoms with van der Waals surface area (Å²) in [6.45, 7) is 2.71. The van der Waals surface area contributed by atoms with Gasteiger partial charge >= 0.3 is 0 Å². The maximum Gasteiger partial charge on any atom is 0.255 e. The zero-order valence-corrected chi connectivity index (χ0v) is 10.7. The molecule has 0 heterocycles. The molecule has 1 aromatic carbocycles. The molecule has 0 saturated carbocycles. The second-order valence-electron chi connectivity index (χ2n) is 4.21. The van der Waals surface area contributed by atoms with Crippen LogP contribution < -0.4 is 10.2 Å². The van der Waals surface area contributed by atoms with E-state index in [9.17, 15) is 9.90 Å².